The highest BCUT2D eigenvalue weighted by Crippen LogP contribution is 2.25. The average Bonchev–Trinajstić information content (AvgIpc) is 3.29. The van der Waals surface area contributed by atoms with Crippen molar-refractivity contribution in [2.24, 2.45) is 7.05 Å². The van der Waals surface area contributed by atoms with Gasteiger partial charge in [-0.25, -0.2) is 4.98 Å². The molecule has 0 aliphatic carbocycles. The number of rotatable bonds is 4. The lowest BCUT2D eigenvalue weighted by Gasteiger charge is -2.05. The summed E-state index contributed by atoms with van der Waals surface area (Å²) in [5.74, 6) is 1.59. The van der Waals surface area contributed by atoms with Crippen molar-refractivity contribution in [3.05, 3.63) is 45.1 Å². The molecule has 4 heterocycles. The highest BCUT2D eigenvalue weighted by Gasteiger charge is 2.13. The summed E-state index contributed by atoms with van der Waals surface area (Å²) in [5, 5.41) is 9.12. The largest absolute Gasteiger partial charge is 0.333 e. The van der Waals surface area contributed by atoms with E-state index in [1.54, 1.807) is 29.0 Å². The van der Waals surface area contributed by atoms with Crippen LogP contribution in [0.1, 0.15) is 5.82 Å². The second-order valence-corrected chi connectivity index (χ2v) is 7.46. The summed E-state index contributed by atoms with van der Waals surface area (Å²) in [5.41, 5.74) is -0.0360. The third kappa shape index (κ3) is 2.71. The van der Waals surface area contributed by atoms with Gasteiger partial charge in [-0.2, -0.15) is 4.98 Å². The maximum Gasteiger partial charge on any atom is 0.268 e. The van der Waals surface area contributed by atoms with Crippen molar-refractivity contribution in [3.8, 4) is 10.8 Å². The van der Waals surface area contributed by atoms with Crippen LogP contribution in [0, 0.1) is 0 Å². The molecule has 0 aliphatic heterocycles. The van der Waals surface area contributed by atoms with Gasteiger partial charge in [0.25, 0.3) is 11.4 Å². The lowest BCUT2D eigenvalue weighted by molar-refractivity contribution is 0.426. The quantitative estimate of drug-likeness (QED) is 0.409. The van der Waals surface area contributed by atoms with Crippen LogP contribution in [0.2, 0.25) is 0 Å². The molecular formula is C14H10N4O2S3. The number of thiophene rings is 2. The van der Waals surface area contributed by atoms with Gasteiger partial charge in [0.05, 0.1) is 16.0 Å². The smallest absolute Gasteiger partial charge is 0.268 e. The highest BCUT2D eigenvalue weighted by atomic mass is 32.2. The van der Waals surface area contributed by atoms with Crippen LogP contribution in [0.4, 0.5) is 0 Å². The van der Waals surface area contributed by atoms with Crippen LogP contribution in [-0.2, 0) is 12.8 Å². The van der Waals surface area contributed by atoms with Crippen molar-refractivity contribution in [1.29, 1.82) is 0 Å². The third-order valence-electron chi connectivity index (χ3n) is 3.19. The summed E-state index contributed by atoms with van der Waals surface area (Å²) in [6, 6.07) is 5.68. The Morgan fingerprint density at radius 1 is 1.26 bits per heavy atom. The van der Waals surface area contributed by atoms with E-state index in [0.717, 1.165) is 9.71 Å². The molecule has 0 radical (unpaired) electrons. The molecule has 0 N–H and O–H groups in total. The van der Waals surface area contributed by atoms with E-state index in [9.17, 15) is 4.79 Å². The molecule has 0 bridgehead atoms. The van der Waals surface area contributed by atoms with Gasteiger partial charge in [-0.15, -0.1) is 22.7 Å². The van der Waals surface area contributed by atoms with Crippen LogP contribution < -0.4 is 5.56 Å². The van der Waals surface area contributed by atoms with E-state index < -0.39 is 0 Å². The van der Waals surface area contributed by atoms with Crippen LogP contribution >= 0.6 is 34.4 Å². The van der Waals surface area contributed by atoms with Crippen molar-refractivity contribution in [2.45, 2.75) is 10.9 Å². The van der Waals surface area contributed by atoms with E-state index in [1.807, 2.05) is 22.9 Å². The fraction of sp³-hybridized carbons (Fsp3) is 0.143. The number of thioether (sulfide) groups is 1. The zero-order valence-electron chi connectivity index (χ0n) is 11.9. The maximum atomic E-state index is 12.2. The minimum Gasteiger partial charge on any atom is -0.333 e. The average molecular weight is 362 g/mol. The summed E-state index contributed by atoms with van der Waals surface area (Å²) in [6.07, 6.45) is 0. The predicted octanol–water partition coefficient (Wildman–Crippen LogP) is 3.40. The van der Waals surface area contributed by atoms with Crippen LogP contribution in [0.25, 0.3) is 21.0 Å². The van der Waals surface area contributed by atoms with Gasteiger partial charge < -0.3 is 4.52 Å². The molecule has 6 nitrogen and oxygen atoms in total. The molecule has 0 saturated carbocycles. The first-order valence-corrected chi connectivity index (χ1v) is 9.40. The first kappa shape index (κ1) is 14.6. The molecule has 23 heavy (non-hydrogen) atoms. The lowest BCUT2D eigenvalue weighted by atomic mass is 10.4. The first-order chi connectivity index (χ1) is 11.2. The van der Waals surface area contributed by atoms with Gasteiger partial charge in [0, 0.05) is 7.05 Å². The molecule has 0 spiro atoms. The van der Waals surface area contributed by atoms with E-state index in [2.05, 4.69) is 15.1 Å². The normalized spacial score (nSPS) is 11.3. The number of hydrogen-bond acceptors (Lipinski definition) is 8. The van der Waals surface area contributed by atoms with Gasteiger partial charge in [-0.05, 0) is 22.9 Å². The molecule has 0 fully saturated rings. The van der Waals surface area contributed by atoms with E-state index >= 15 is 0 Å². The predicted molar refractivity (Wildman–Crippen MR) is 92.0 cm³/mol. The van der Waals surface area contributed by atoms with Crippen LogP contribution in [-0.4, -0.2) is 19.7 Å². The van der Waals surface area contributed by atoms with Crippen LogP contribution in [0.5, 0.6) is 0 Å². The van der Waals surface area contributed by atoms with Crippen LogP contribution in [0.15, 0.2) is 43.4 Å². The summed E-state index contributed by atoms with van der Waals surface area (Å²) in [4.78, 5) is 22.8. The monoisotopic (exact) mass is 362 g/mol. The molecule has 0 saturated heterocycles. The molecule has 4 aromatic rings. The zero-order chi connectivity index (χ0) is 15.8. The molecule has 9 heteroatoms. The first-order valence-electron chi connectivity index (χ1n) is 6.66. The SMILES string of the molecule is Cn1c(SCc2noc(-c3cccs3)n2)nc2sccc2c1=O. The second-order valence-electron chi connectivity index (χ2n) is 4.68. The minimum absolute atomic E-state index is 0.0360. The van der Waals surface area contributed by atoms with Gasteiger partial charge in [-0.1, -0.05) is 23.0 Å². The molecule has 116 valence electrons. The summed E-state index contributed by atoms with van der Waals surface area (Å²) < 4.78 is 6.81. The van der Waals surface area contributed by atoms with E-state index in [-0.39, 0.29) is 5.56 Å². The number of aromatic nitrogens is 4. The molecule has 0 unspecified atom stereocenters. The summed E-state index contributed by atoms with van der Waals surface area (Å²) in [6.45, 7) is 0. The molecule has 4 rings (SSSR count). The Morgan fingerprint density at radius 3 is 3.00 bits per heavy atom. The van der Waals surface area contributed by atoms with Crippen LogP contribution in [0.3, 0.4) is 0 Å². The Bertz CT molecular complexity index is 1020. The molecule has 0 aromatic carbocycles. The second kappa shape index (κ2) is 5.91. The van der Waals surface area contributed by atoms with Crippen molar-refractivity contribution in [1.82, 2.24) is 19.7 Å². The van der Waals surface area contributed by atoms with E-state index in [0.29, 0.717) is 28.0 Å². The maximum absolute atomic E-state index is 12.2. The van der Waals surface area contributed by atoms with E-state index in [4.69, 9.17) is 4.52 Å². The Kier molecular flexibility index (Phi) is 3.76. The minimum atomic E-state index is -0.0360. The van der Waals surface area contributed by atoms with Crippen molar-refractivity contribution in [2.75, 3.05) is 0 Å². The summed E-state index contributed by atoms with van der Waals surface area (Å²) in [7, 11) is 1.72. The summed E-state index contributed by atoms with van der Waals surface area (Å²) >= 11 is 4.43. The van der Waals surface area contributed by atoms with Gasteiger partial charge >= 0.3 is 0 Å². The van der Waals surface area contributed by atoms with Crippen molar-refractivity contribution >= 4 is 44.7 Å². The zero-order valence-corrected chi connectivity index (χ0v) is 14.4. The fourth-order valence-electron chi connectivity index (χ4n) is 2.05. The molecule has 4 aromatic heterocycles. The molecular weight excluding hydrogens is 352 g/mol. The molecule has 0 aliphatic rings. The van der Waals surface area contributed by atoms with Gasteiger partial charge in [-0.3, -0.25) is 9.36 Å². The number of hydrogen-bond donors (Lipinski definition) is 0. The standard InChI is InChI=1S/C14H10N4O2S3/c1-18-13(19)8-4-6-22-12(8)16-14(18)23-7-10-15-11(20-17-10)9-3-2-5-21-9/h2-6H,7H2,1H3. The van der Waals surface area contributed by atoms with Gasteiger partial charge in [0.15, 0.2) is 11.0 Å². The number of fused-ring (bicyclic) bond motifs is 1. The van der Waals surface area contributed by atoms with E-state index in [1.165, 1.54) is 23.1 Å². The fourth-order valence-corrected chi connectivity index (χ4v) is 4.32. The lowest BCUT2D eigenvalue weighted by Crippen LogP contribution is -2.19. The molecule has 0 atom stereocenters. The highest BCUT2D eigenvalue weighted by molar-refractivity contribution is 7.98. The Morgan fingerprint density at radius 2 is 2.17 bits per heavy atom. The topological polar surface area (TPSA) is 73.8 Å². The van der Waals surface area contributed by atoms with Crippen molar-refractivity contribution in [3.63, 3.8) is 0 Å². The Labute approximate surface area is 142 Å². The Hall–Kier alpha value is -1.97. The van der Waals surface area contributed by atoms with Crippen molar-refractivity contribution < 1.29 is 4.52 Å². The third-order valence-corrected chi connectivity index (χ3v) is 5.88. The van der Waals surface area contributed by atoms with Gasteiger partial charge in [0.2, 0.25) is 0 Å². The molecule has 0 amide bonds. The Balaban J connectivity index is 1.57. The number of nitrogens with zero attached hydrogens (tertiary/aromatic N) is 4. The van der Waals surface area contributed by atoms with Gasteiger partial charge in [0.1, 0.15) is 4.83 Å².